The van der Waals surface area contributed by atoms with E-state index in [0.717, 1.165) is 0 Å². The Hall–Kier alpha value is -1.21. The minimum Gasteiger partial charge on any atom is -0.493 e. The molecule has 16 heavy (non-hydrogen) atoms. The first-order valence-corrected chi connectivity index (χ1v) is 5.76. The van der Waals surface area contributed by atoms with E-state index in [2.05, 4.69) is 4.98 Å². The molecule has 0 saturated carbocycles. The zero-order chi connectivity index (χ0) is 12.3. The van der Waals surface area contributed by atoms with Crippen LogP contribution in [-0.4, -0.2) is 27.6 Å². The maximum atomic E-state index is 13.1. The number of ether oxygens (including phenoxy) is 2. The van der Waals surface area contributed by atoms with E-state index in [0.29, 0.717) is 5.69 Å². The fourth-order valence-electron chi connectivity index (χ4n) is 1.37. The molecule has 0 fully saturated rings. The number of nitrogens with zero attached hydrogens (tertiary/aromatic N) is 1. The zero-order valence-corrected chi connectivity index (χ0v) is 9.97. The molecule has 1 rings (SSSR count). The number of halogens is 1. The number of aryl methyl sites for hydroxylation is 1. The summed E-state index contributed by atoms with van der Waals surface area (Å²) in [6.07, 6.45) is 1.26. The number of hydrogen-bond acceptors (Lipinski definition) is 5. The highest BCUT2D eigenvalue weighted by Gasteiger charge is 2.25. The average molecular weight is 249 g/mol. The molecule has 90 valence electrons. The first-order chi connectivity index (χ1) is 7.41. The molecule has 1 aromatic heterocycles. The van der Waals surface area contributed by atoms with Crippen molar-refractivity contribution < 1.29 is 21.8 Å². The summed E-state index contributed by atoms with van der Waals surface area (Å²) in [5.41, 5.74) is 0.436. The van der Waals surface area contributed by atoms with Crippen LogP contribution in [0.15, 0.2) is 11.1 Å². The maximum Gasteiger partial charge on any atom is 0.336 e. The number of methoxy groups -OCH3 is 2. The van der Waals surface area contributed by atoms with Gasteiger partial charge < -0.3 is 9.47 Å². The van der Waals surface area contributed by atoms with Crippen molar-refractivity contribution in [3.05, 3.63) is 17.5 Å². The third kappa shape index (κ3) is 2.48. The van der Waals surface area contributed by atoms with Crippen molar-refractivity contribution in [2.45, 2.75) is 18.4 Å². The van der Waals surface area contributed by atoms with Crippen LogP contribution >= 0.6 is 0 Å². The molecule has 0 atom stereocenters. The highest BCUT2D eigenvalue weighted by molar-refractivity contribution is 7.86. The van der Waals surface area contributed by atoms with Crippen molar-refractivity contribution >= 4 is 10.2 Å². The van der Waals surface area contributed by atoms with Crippen molar-refractivity contribution in [2.24, 2.45) is 0 Å². The molecule has 0 bridgehead atoms. The van der Waals surface area contributed by atoms with Crippen LogP contribution in [-0.2, 0) is 21.6 Å². The van der Waals surface area contributed by atoms with Crippen molar-refractivity contribution in [3.8, 4) is 5.75 Å². The van der Waals surface area contributed by atoms with Gasteiger partial charge in [0.2, 0.25) is 0 Å². The summed E-state index contributed by atoms with van der Waals surface area (Å²) in [5, 5.41) is 0. The molecule has 0 unspecified atom stereocenters. The van der Waals surface area contributed by atoms with E-state index < -0.39 is 15.1 Å². The monoisotopic (exact) mass is 249 g/mol. The maximum absolute atomic E-state index is 13.1. The van der Waals surface area contributed by atoms with Gasteiger partial charge in [-0.3, -0.25) is 4.98 Å². The molecule has 1 aromatic rings. The van der Waals surface area contributed by atoms with Gasteiger partial charge in [-0.25, -0.2) is 0 Å². The Morgan fingerprint density at radius 1 is 1.44 bits per heavy atom. The molecule has 0 amide bonds. The summed E-state index contributed by atoms with van der Waals surface area (Å²) in [7, 11) is -2.23. The first-order valence-electron chi connectivity index (χ1n) is 4.38. The van der Waals surface area contributed by atoms with Gasteiger partial charge in [-0.05, 0) is 6.92 Å². The molecule has 1 heterocycles. The zero-order valence-electron chi connectivity index (χ0n) is 9.15. The predicted octanol–water partition coefficient (Wildman–Crippen LogP) is 1.20. The Morgan fingerprint density at radius 2 is 2.06 bits per heavy atom. The fourth-order valence-corrected chi connectivity index (χ4v) is 2.25. The number of aromatic nitrogens is 1. The predicted molar refractivity (Wildman–Crippen MR) is 54.5 cm³/mol. The van der Waals surface area contributed by atoms with Gasteiger partial charge in [0.25, 0.3) is 0 Å². The smallest absolute Gasteiger partial charge is 0.336 e. The van der Waals surface area contributed by atoms with Gasteiger partial charge in [-0.2, -0.15) is 8.42 Å². The Kier molecular flexibility index (Phi) is 3.82. The summed E-state index contributed by atoms with van der Waals surface area (Å²) in [6, 6.07) is 0. The minimum absolute atomic E-state index is 0.0534. The summed E-state index contributed by atoms with van der Waals surface area (Å²) >= 11 is 0. The van der Waals surface area contributed by atoms with E-state index in [4.69, 9.17) is 9.47 Å². The summed E-state index contributed by atoms with van der Waals surface area (Å²) in [6.45, 7) is 1.48. The van der Waals surface area contributed by atoms with Crippen molar-refractivity contribution in [1.82, 2.24) is 4.98 Å². The van der Waals surface area contributed by atoms with E-state index >= 15 is 0 Å². The average Bonchev–Trinajstić information content (AvgIpc) is 2.18. The minimum atomic E-state index is -4.87. The van der Waals surface area contributed by atoms with Crippen LogP contribution in [0.25, 0.3) is 0 Å². The topological polar surface area (TPSA) is 65.5 Å². The molecule has 0 aliphatic carbocycles. The van der Waals surface area contributed by atoms with E-state index in [1.54, 1.807) is 0 Å². The van der Waals surface area contributed by atoms with Crippen LogP contribution < -0.4 is 4.74 Å². The van der Waals surface area contributed by atoms with E-state index in [9.17, 15) is 12.3 Å². The lowest BCUT2D eigenvalue weighted by atomic mass is 10.2. The lowest BCUT2D eigenvalue weighted by Crippen LogP contribution is -2.06. The number of rotatable bonds is 4. The van der Waals surface area contributed by atoms with Crippen LogP contribution in [0.4, 0.5) is 3.89 Å². The molecular formula is C9H12FNO4S. The van der Waals surface area contributed by atoms with E-state index in [1.807, 2.05) is 0 Å². The second kappa shape index (κ2) is 4.75. The fraction of sp³-hybridized carbons (Fsp3) is 0.444. The lowest BCUT2D eigenvalue weighted by Gasteiger charge is -2.11. The normalized spacial score (nSPS) is 11.5. The molecule has 5 nitrogen and oxygen atoms in total. The molecule has 0 spiro atoms. The van der Waals surface area contributed by atoms with Crippen molar-refractivity contribution in [1.29, 1.82) is 0 Å². The summed E-state index contributed by atoms with van der Waals surface area (Å²) in [5.74, 6) is -0.0861. The van der Waals surface area contributed by atoms with E-state index in [-0.39, 0.29) is 17.9 Å². The van der Waals surface area contributed by atoms with Gasteiger partial charge in [0, 0.05) is 18.9 Å². The molecule has 0 aliphatic heterocycles. The van der Waals surface area contributed by atoms with Gasteiger partial charge in [-0.1, -0.05) is 0 Å². The number of hydrogen-bond donors (Lipinski definition) is 0. The third-order valence-electron chi connectivity index (χ3n) is 1.99. The van der Waals surface area contributed by atoms with Gasteiger partial charge in [0.05, 0.1) is 19.4 Å². The van der Waals surface area contributed by atoms with Gasteiger partial charge in [0.1, 0.15) is 4.90 Å². The second-order valence-corrected chi connectivity index (χ2v) is 4.39. The Balaban J connectivity index is 3.54. The standard InChI is InChI=1S/C9H12FNO4S/c1-6-8(15-3)9(16(10,12)13)7(4-11-6)5-14-2/h4H,5H2,1-3H3. The molecule has 0 radical (unpaired) electrons. The highest BCUT2D eigenvalue weighted by Crippen LogP contribution is 2.31. The summed E-state index contributed by atoms with van der Waals surface area (Å²) < 4.78 is 44.8. The first kappa shape index (κ1) is 12.9. The third-order valence-corrected chi connectivity index (χ3v) is 2.92. The highest BCUT2D eigenvalue weighted by atomic mass is 32.3. The van der Waals surface area contributed by atoms with Gasteiger partial charge >= 0.3 is 10.2 Å². The van der Waals surface area contributed by atoms with Gasteiger partial charge in [0.15, 0.2) is 5.75 Å². The molecule has 0 saturated heterocycles. The largest absolute Gasteiger partial charge is 0.493 e. The molecular weight excluding hydrogens is 237 g/mol. The van der Waals surface area contributed by atoms with Crippen LogP contribution in [0.2, 0.25) is 0 Å². The summed E-state index contributed by atoms with van der Waals surface area (Å²) in [4.78, 5) is 3.40. The van der Waals surface area contributed by atoms with Crippen LogP contribution in [0.1, 0.15) is 11.3 Å². The molecule has 7 heteroatoms. The molecule has 0 aliphatic rings. The molecule has 0 aromatic carbocycles. The Morgan fingerprint density at radius 3 is 2.50 bits per heavy atom. The lowest BCUT2D eigenvalue weighted by molar-refractivity contribution is 0.181. The van der Waals surface area contributed by atoms with E-state index in [1.165, 1.54) is 27.3 Å². The van der Waals surface area contributed by atoms with Crippen molar-refractivity contribution in [3.63, 3.8) is 0 Å². The SMILES string of the molecule is COCc1cnc(C)c(OC)c1S(=O)(=O)F. The van der Waals surface area contributed by atoms with Crippen LogP contribution in [0.5, 0.6) is 5.75 Å². The molecule has 0 N–H and O–H groups in total. The Labute approximate surface area is 93.4 Å². The van der Waals surface area contributed by atoms with Crippen molar-refractivity contribution in [2.75, 3.05) is 14.2 Å². The number of pyridine rings is 1. The van der Waals surface area contributed by atoms with Crippen LogP contribution in [0.3, 0.4) is 0 Å². The van der Waals surface area contributed by atoms with Crippen LogP contribution in [0, 0.1) is 6.92 Å². The van der Waals surface area contributed by atoms with Gasteiger partial charge in [-0.15, -0.1) is 3.89 Å². The Bertz CT molecular complexity index is 487. The second-order valence-electron chi connectivity index (χ2n) is 3.10. The quantitative estimate of drug-likeness (QED) is 0.750.